The fourth-order valence-electron chi connectivity index (χ4n) is 4.97. The predicted octanol–water partition coefficient (Wildman–Crippen LogP) is 0.524. The molecule has 4 atom stereocenters. The molecule has 2 fully saturated rings. The fourth-order valence-corrected chi connectivity index (χ4v) is 4.97. The van der Waals surface area contributed by atoms with Gasteiger partial charge in [-0.15, -0.1) is 0 Å². The van der Waals surface area contributed by atoms with E-state index in [9.17, 15) is 24.3 Å². The number of carboxylic acid groups (broad SMARTS) is 1. The van der Waals surface area contributed by atoms with E-state index in [1.807, 2.05) is 24.3 Å². The van der Waals surface area contributed by atoms with Gasteiger partial charge >= 0.3 is 5.97 Å². The molecule has 198 valence electrons. The van der Waals surface area contributed by atoms with E-state index in [1.165, 1.54) is 0 Å². The second-order valence-electron chi connectivity index (χ2n) is 9.67. The standard InChI is InChI=1S/C26H37N3O7/c30-16-20(31)14-15-27-25(35)22-11-10-19-2-1-3-21(26(36)29(19)22)28-23(32)12-8-17-4-6-18(7-5-17)9-13-24(33)34/h4-7,19-22,30-31H,1-3,8-16H2,(H,27,35)(H,28,32)(H,33,34)/t19?,20-,21+,22+/m1/s1. The van der Waals surface area contributed by atoms with Gasteiger partial charge in [-0.3, -0.25) is 19.2 Å². The van der Waals surface area contributed by atoms with E-state index in [2.05, 4.69) is 10.6 Å². The molecular formula is C26H37N3O7. The van der Waals surface area contributed by atoms with Crippen molar-refractivity contribution in [3.05, 3.63) is 35.4 Å². The van der Waals surface area contributed by atoms with Gasteiger partial charge in [0, 0.05) is 25.4 Å². The first kappa shape index (κ1) is 27.6. The molecule has 0 aliphatic carbocycles. The Bertz CT molecular complexity index is 921. The highest BCUT2D eigenvalue weighted by Crippen LogP contribution is 2.32. The lowest BCUT2D eigenvalue weighted by molar-refractivity contribution is -0.142. The summed E-state index contributed by atoms with van der Waals surface area (Å²) in [5, 5.41) is 32.8. The van der Waals surface area contributed by atoms with Crippen LogP contribution in [0.4, 0.5) is 0 Å². The minimum Gasteiger partial charge on any atom is -0.481 e. The van der Waals surface area contributed by atoms with Crippen molar-refractivity contribution in [2.75, 3.05) is 13.2 Å². The van der Waals surface area contributed by atoms with Crippen molar-refractivity contribution < 1.29 is 34.5 Å². The Kier molecular flexibility index (Phi) is 10.2. The molecule has 0 radical (unpaired) electrons. The number of nitrogens with zero attached hydrogens (tertiary/aromatic N) is 1. The first-order valence-electron chi connectivity index (χ1n) is 12.8. The van der Waals surface area contributed by atoms with Gasteiger partial charge < -0.3 is 30.9 Å². The third kappa shape index (κ3) is 7.76. The molecule has 0 bridgehead atoms. The summed E-state index contributed by atoms with van der Waals surface area (Å²) >= 11 is 0. The van der Waals surface area contributed by atoms with Gasteiger partial charge in [-0.1, -0.05) is 24.3 Å². The van der Waals surface area contributed by atoms with Crippen LogP contribution in [0.1, 0.15) is 62.5 Å². The van der Waals surface area contributed by atoms with Gasteiger partial charge in [0.1, 0.15) is 12.1 Å². The van der Waals surface area contributed by atoms with Crippen molar-refractivity contribution in [3.63, 3.8) is 0 Å². The van der Waals surface area contributed by atoms with E-state index in [1.54, 1.807) is 4.90 Å². The lowest BCUT2D eigenvalue weighted by Crippen LogP contribution is -2.54. The Morgan fingerprint density at radius 2 is 1.67 bits per heavy atom. The number of aliphatic carboxylic acids is 1. The van der Waals surface area contributed by atoms with Gasteiger partial charge in [0.2, 0.25) is 17.7 Å². The van der Waals surface area contributed by atoms with Crippen LogP contribution in [0, 0.1) is 0 Å². The first-order chi connectivity index (χ1) is 17.3. The summed E-state index contributed by atoms with van der Waals surface area (Å²) in [4.78, 5) is 51.1. The average Bonchev–Trinajstić information content (AvgIpc) is 3.23. The number of aliphatic hydroxyl groups is 2. The molecular weight excluding hydrogens is 466 g/mol. The minimum absolute atomic E-state index is 0.0159. The topological polar surface area (TPSA) is 156 Å². The molecule has 36 heavy (non-hydrogen) atoms. The molecule has 3 rings (SSSR count). The second-order valence-corrected chi connectivity index (χ2v) is 9.67. The van der Waals surface area contributed by atoms with E-state index < -0.39 is 24.2 Å². The van der Waals surface area contributed by atoms with Crippen LogP contribution in [0.5, 0.6) is 0 Å². The zero-order valence-corrected chi connectivity index (χ0v) is 20.5. The zero-order valence-electron chi connectivity index (χ0n) is 20.5. The lowest BCUT2D eigenvalue weighted by atomic mass is 10.0. The molecule has 0 aromatic heterocycles. The maximum atomic E-state index is 13.3. The summed E-state index contributed by atoms with van der Waals surface area (Å²) in [5.74, 6) is -1.55. The van der Waals surface area contributed by atoms with E-state index in [-0.39, 0.29) is 56.2 Å². The van der Waals surface area contributed by atoms with Crippen LogP contribution in [0.15, 0.2) is 24.3 Å². The number of aliphatic hydroxyl groups excluding tert-OH is 2. The molecule has 2 heterocycles. The smallest absolute Gasteiger partial charge is 0.303 e. The maximum absolute atomic E-state index is 13.3. The van der Waals surface area contributed by atoms with Gasteiger partial charge in [-0.2, -0.15) is 0 Å². The number of fused-ring (bicyclic) bond motifs is 1. The van der Waals surface area contributed by atoms with Crippen LogP contribution in [0.3, 0.4) is 0 Å². The average molecular weight is 504 g/mol. The molecule has 2 aliphatic heterocycles. The number of hydrogen-bond acceptors (Lipinski definition) is 6. The molecule has 5 N–H and O–H groups in total. The first-order valence-corrected chi connectivity index (χ1v) is 12.8. The Morgan fingerprint density at radius 3 is 2.31 bits per heavy atom. The summed E-state index contributed by atoms with van der Waals surface area (Å²) in [7, 11) is 0. The summed E-state index contributed by atoms with van der Waals surface area (Å²) in [5.41, 5.74) is 1.89. The molecule has 2 aliphatic rings. The largest absolute Gasteiger partial charge is 0.481 e. The highest BCUT2D eigenvalue weighted by molar-refractivity contribution is 5.93. The van der Waals surface area contributed by atoms with Crippen LogP contribution < -0.4 is 10.6 Å². The van der Waals surface area contributed by atoms with Crippen LogP contribution in [-0.4, -0.2) is 81.3 Å². The molecule has 0 spiro atoms. The quantitative estimate of drug-likeness (QED) is 0.278. The molecule has 10 heteroatoms. The zero-order chi connectivity index (χ0) is 26.1. The number of aryl methyl sites for hydroxylation is 2. The third-order valence-electron chi connectivity index (χ3n) is 7.00. The number of rotatable bonds is 12. The number of amides is 3. The Balaban J connectivity index is 1.51. The highest BCUT2D eigenvalue weighted by Gasteiger charge is 2.44. The van der Waals surface area contributed by atoms with Crippen molar-refractivity contribution in [1.29, 1.82) is 0 Å². The molecule has 1 aromatic carbocycles. The number of benzene rings is 1. The molecule has 10 nitrogen and oxygen atoms in total. The lowest BCUT2D eigenvalue weighted by Gasteiger charge is -2.30. The molecule has 2 saturated heterocycles. The molecule has 1 unspecified atom stereocenters. The van der Waals surface area contributed by atoms with E-state index >= 15 is 0 Å². The van der Waals surface area contributed by atoms with E-state index in [0.717, 1.165) is 30.4 Å². The van der Waals surface area contributed by atoms with Gasteiger partial charge in [0.15, 0.2) is 0 Å². The van der Waals surface area contributed by atoms with Gasteiger partial charge in [0.05, 0.1) is 12.7 Å². The predicted molar refractivity (Wildman–Crippen MR) is 131 cm³/mol. The van der Waals surface area contributed by atoms with Crippen molar-refractivity contribution in [3.8, 4) is 0 Å². The van der Waals surface area contributed by atoms with Crippen molar-refractivity contribution in [2.24, 2.45) is 0 Å². The van der Waals surface area contributed by atoms with Crippen LogP contribution in [0.2, 0.25) is 0 Å². The maximum Gasteiger partial charge on any atom is 0.303 e. The summed E-state index contributed by atoms with van der Waals surface area (Å²) in [6, 6.07) is 6.24. The summed E-state index contributed by atoms with van der Waals surface area (Å²) < 4.78 is 0. The second kappa shape index (κ2) is 13.4. The Morgan fingerprint density at radius 1 is 1.00 bits per heavy atom. The fraction of sp³-hybridized carbons (Fsp3) is 0.615. The SMILES string of the molecule is O=C(O)CCc1ccc(CCC(=O)N[C@H]2CCCC3CC[C@@H](C(=O)NCC[C@@H](O)CO)N3C2=O)cc1. The van der Waals surface area contributed by atoms with Gasteiger partial charge in [0.25, 0.3) is 0 Å². The Labute approximate surface area is 211 Å². The van der Waals surface area contributed by atoms with Crippen LogP contribution in [0.25, 0.3) is 0 Å². The Hall–Kier alpha value is -2.98. The summed E-state index contributed by atoms with van der Waals surface area (Å²) in [6.45, 7) is -0.157. The minimum atomic E-state index is -0.893. The van der Waals surface area contributed by atoms with Gasteiger partial charge in [-0.25, -0.2) is 0 Å². The number of carbonyl (C=O) groups excluding carboxylic acids is 3. The number of nitrogens with one attached hydrogen (secondary N) is 2. The number of carboxylic acids is 1. The van der Waals surface area contributed by atoms with Crippen molar-refractivity contribution in [2.45, 2.75) is 88.4 Å². The van der Waals surface area contributed by atoms with Gasteiger partial charge in [-0.05, 0) is 62.5 Å². The third-order valence-corrected chi connectivity index (χ3v) is 7.00. The van der Waals surface area contributed by atoms with Crippen molar-refractivity contribution in [1.82, 2.24) is 15.5 Å². The monoisotopic (exact) mass is 503 g/mol. The normalized spacial score (nSPS) is 22.4. The summed E-state index contributed by atoms with van der Waals surface area (Å²) in [6.07, 6.45) is 4.01. The van der Waals surface area contributed by atoms with Crippen LogP contribution in [-0.2, 0) is 32.0 Å². The number of hydrogen-bond donors (Lipinski definition) is 5. The van der Waals surface area contributed by atoms with Crippen molar-refractivity contribution >= 4 is 23.7 Å². The van der Waals surface area contributed by atoms with Crippen LogP contribution >= 0.6 is 0 Å². The molecule has 1 aromatic rings. The molecule has 0 saturated carbocycles. The highest BCUT2D eigenvalue weighted by atomic mass is 16.4. The van der Waals surface area contributed by atoms with E-state index in [4.69, 9.17) is 10.2 Å². The number of carbonyl (C=O) groups is 4. The molecule has 3 amide bonds. The van der Waals surface area contributed by atoms with E-state index in [0.29, 0.717) is 25.7 Å².